The minimum atomic E-state index is -1.86. The van der Waals surface area contributed by atoms with Crippen LogP contribution in [0.15, 0.2) is 0 Å². The lowest BCUT2D eigenvalue weighted by atomic mass is 9.96. The largest absolute Gasteiger partial charge is 0.414 e. The second-order valence-electron chi connectivity index (χ2n) is 8.38. The quantitative estimate of drug-likeness (QED) is 0.675. The molecule has 21 heavy (non-hydrogen) atoms. The van der Waals surface area contributed by atoms with Gasteiger partial charge in [0.1, 0.15) is 5.78 Å². The van der Waals surface area contributed by atoms with Crippen LogP contribution in [0.2, 0.25) is 18.1 Å². The van der Waals surface area contributed by atoms with Gasteiger partial charge in [-0.3, -0.25) is 4.79 Å². The van der Waals surface area contributed by atoms with E-state index in [0.717, 1.165) is 0 Å². The Morgan fingerprint density at radius 2 is 1.62 bits per heavy atom. The molecule has 0 saturated heterocycles. The average molecular weight is 317 g/mol. The minimum absolute atomic E-state index is 0.0147. The molecule has 2 atom stereocenters. The highest BCUT2D eigenvalue weighted by Crippen LogP contribution is 2.38. The summed E-state index contributed by atoms with van der Waals surface area (Å²) in [5.74, 6) is 0.443. The highest BCUT2D eigenvalue weighted by molar-refractivity contribution is 6.74. The number of aliphatic hydroxyl groups is 1. The molecule has 0 aromatic rings. The highest BCUT2D eigenvalue weighted by Gasteiger charge is 2.40. The van der Waals surface area contributed by atoms with E-state index in [4.69, 9.17) is 4.43 Å². The number of aliphatic hydroxyl groups excluding tert-OH is 1. The van der Waals surface area contributed by atoms with Crippen molar-refractivity contribution in [3.8, 4) is 0 Å². The van der Waals surface area contributed by atoms with Gasteiger partial charge in [-0.05, 0) is 30.5 Å². The Balaban J connectivity index is 4.75. The Kier molecular flexibility index (Phi) is 7.81. The molecular formula is C17H36O3Si. The molecule has 0 rings (SSSR count). The molecule has 0 aliphatic rings. The summed E-state index contributed by atoms with van der Waals surface area (Å²) in [4.78, 5) is 11.8. The van der Waals surface area contributed by atoms with Gasteiger partial charge in [-0.15, -0.1) is 0 Å². The summed E-state index contributed by atoms with van der Waals surface area (Å²) in [6.45, 7) is 19.1. The van der Waals surface area contributed by atoms with Crippen molar-refractivity contribution in [1.82, 2.24) is 0 Å². The van der Waals surface area contributed by atoms with Crippen molar-refractivity contribution in [3.05, 3.63) is 0 Å². The molecule has 1 N–H and O–H groups in total. The van der Waals surface area contributed by atoms with Crippen LogP contribution in [0.4, 0.5) is 0 Å². The third-order valence-corrected chi connectivity index (χ3v) is 9.09. The van der Waals surface area contributed by atoms with Crippen LogP contribution >= 0.6 is 0 Å². The molecule has 0 fully saturated rings. The number of hydrogen-bond donors (Lipinski definition) is 1. The smallest absolute Gasteiger partial charge is 0.192 e. The fourth-order valence-electron chi connectivity index (χ4n) is 1.83. The SMILES string of the molecule is CC(C)C(=O)C[C@@H](O)C[C@H](O[Si](C)(C)C(C)(C)C)C(C)C. The van der Waals surface area contributed by atoms with Crippen LogP contribution in [0.5, 0.6) is 0 Å². The molecule has 0 aliphatic carbocycles. The van der Waals surface area contributed by atoms with Crippen molar-refractivity contribution >= 4 is 14.1 Å². The standard InChI is InChI=1S/C17H36O3Si/c1-12(2)15(19)10-14(18)11-16(13(3)4)20-21(8,9)17(5,6)7/h12-14,16,18H,10-11H2,1-9H3/t14-,16+/m1/s1. The van der Waals surface area contributed by atoms with Gasteiger partial charge in [0.15, 0.2) is 8.32 Å². The number of rotatable bonds is 8. The topological polar surface area (TPSA) is 46.5 Å². The Hall–Kier alpha value is -0.193. The van der Waals surface area contributed by atoms with Crippen molar-refractivity contribution in [3.63, 3.8) is 0 Å². The van der Waals surface area contributed by atoms with E-state index < -0.39 is 14.4 Å². The Labute approximate surface area is 132 Å². The summed E-state index contributed by atoms with van der Waals surface area (Å²) in [5.41, 5.74) is 0. The van der Waals surface area contributed by atoms with Crippen molar-refractivity contribution in [1.29, 1.82) is 0 Å². The molecule has 0 aliphatic heterocycles. The number of Topliss-reactive ketones (excluding diaryl/α,β-unsaturated/α-hetero) is 1. The van der Waals surface area contributed by atoms with Crippen molar-refractivity contribution in [2.45, 2.75) is 91.6 Å². The predicted octanol–water partition coefficient (Wildman–Crippen LogP) is 4.40. The van der Waals surface area contributed by atoms with Gasteiger partial charge in [0.25, 0.3) is 0 Å². The Morgan fingerprint density at radius 3 is 1.95 bits per heavy atom. The van der Waals surface area contributed by atoms with Gasteiger partial charge in [-0.2, -0.15) is 0 Å². The van der Waals surface area contributed by atoms with Gasteiger partial charge in [0, 0.05) is 18.4 Å². The van der Waals surface area contributed by atoms with E-state index in [-0.39, 0.29) is 29.3 Å². The van der Waals surface area contributed by atoms with Gasteiger partial charge in [-0.1, -0.05) is 48.5 Å². The molecule has 4 heteroatoms. The molecule has 126 valence electrons. The van der Waals surface area contributed by atoms with Crippen LogP contribution in [0.25, 0.3) is 0 Å². The Morgan fingerprint density at radius 1 is 1.14 bits per heavy atom. The van der Waals surface area contributed by atoms with Gasteiger partial charge < -0.3 is 9.53 Å². The van der Waals surface area contributed by atoms with E-state index in [0.29, 0.717) is 12.3 Å². The van der Waals surface area contributed by atoms with Gasteiger partial charge in [0.2, 0.25) is 0 Å². The second-order valence-corrected chi connectivity index (χ2v) is 13.1. The number of carbonyl (C=O) groups is 1. The lowest BCUT2D eigenvalue weighted by Gasteiger charge is -2.41. The molecule has 0 aromatic heterocycles. The van der Waals surface area contributed by atoms with Crippen LogP contribution in [-0.2, 0) is 9.22 Å². The van der Waals surface area contributed by atoms with Crippen molar-refractivity contribution < 1.29 is 14.3 Å². The lowest BCUT2D eigenvalue weighted by Crippen LogP contribution is -2.46. The first-order valence-corrected chi connectivity index (χ1v) is 11.1. The number of carbonyl (C=O) groups excluding carboxylic acids is 1. The molecule has 0 amide bonds. The molecule has 0 radical (unpaired) electrons. The molecule has 0 unspecified atom stereocenters. The first kappa shape index (κ1) is 20.8. The van der Waals surface area contributed by atoms with Gasteiger partial charge in [-0.25, -0.2) is 0 Å². The van der Waals surface area contributed by atoms with E-state index in [1.807, 2.05) is 13.8 Å². The monoisotopic (exact) mass is 316 g/mol. The zero-order chi connectivity index (χ0) is 17.0. The molecule has 0 aromatic carbocycles. The summed E-state index contributed by atoms with van der Waals surface area (Å²) in [5, 5.41) is 10.4. The maximum absolute atomic E-state index is 11.8. The number of hydrogen-bond acceptors (Lipinski definition) is 3. The summed E-state index contributed by atoms with van der Waals surface area (Å²) in [6, 6.07) is 0. The van der Waals surface area contributed by atoms with E-state index >= 15 is 0 Å². The highest BCUT2D eigenvalue weighted by atomic mass is 28.4. The molecule has 0 heterocycles. The second kappa shape index (κ2) is 7.89. The molecule has 0 bridgehead atoms. The third kappa shape index (κ3) is 7.07. The van der Waals surface area contributed by atoms with E-state index in [9.17, 15) is 9.90 Å². The van der Waals surface area contributed by atoms with E-state index in [1.165, 1.54) is 0 Å². The van der Waals surface area contributed by atoms with E-state index in [2.05, 4.69) is 47.7 Å². The molecule has 0 spiro atoms. The summed E-state index contributed by atoms with van der Waals surface area (Å²) < 4.78 is 6.44. The fourth-order valence-corrected chi connectivity index (χ4v) is 3.31. The summed E-state index contributed by atoms with van der Waals surface area (Å²) in [6.07, 6.45) is 0.197. The first-order chi connectivity index (χ1) is 9.28. The molecule has 0 saturated carbocycles. The van der Waals surface area contributed by atoms with Gasteiger partial charge >= 0.3 is 0 Å². The maximum Gasteiger partial charge on any atom is 0.192 e. The summed E-state index contributed by atoms with van der Waals surface area (Å²) >= 11 is 0. The van der Waals surface area contributed by atoms with Crippen LogP contribution in [0, 0.1) is 11.8 Å². The van der Waals surface area contributed by atoms with Crippen LogP contribution < -0.4 is 0 Å². The predicted molar refractivity (Wildman–Crippen MR) is 92.0 cm³/mol. The van der Waals surface area contributed by atoms with Crippen LogP contribution in [0.3, 0.4) is 0 Å². The van der Waals surface area contributed by atoms with Crippen LogP contribution in [-0.4, -0.2) is 31.4 Å². The third-order valence-electron chi connectivity index (χ3n) is 4.58. The Bertz CT molecular complexity index is 329. The lowest BCUT2D eigenvalue weighted by molar-refractivity contribution is -0.124. The van der Waals surface area contributed by atoms with Crippen LogP contribution in [0.1, 0.15) is 61.3 Å². The van der Waals surface area contributed by atoms with Crippen molar-refractivity contribution in [2.24, 2.45) is 11.8 Å². The summed E-state index contributed by atoms with van der Waals surface area (Å²) in [7, 11) is -1.86. The van der Waals surface area contributed by atoms with Crippen molar-refractivity contribution in [2.75, 3.05) is 0 Å². The zero-order valence-corrected chi connectivity index (χ0v) is 16.5. The molecular weight excluding hydrogens is 280 g/mol. The number of ketones is 1. The average Bonchev–Trinajstić information content (AvgIpc) is 2.25. The zero-order valence-electron chi connectivity index (χ0n) is 15.5. The van der Waals surface area contributed by atoms with Gasteiger partial charge in [0.05, 0.1) is 6.10 Å². The minimum Gasteiger partial charge on any atom is -0.414 e. The first-order valence-electron chi connectivity index (χ1n) is 8.16. The fraction of sp³-hybridized carbons (Fsp3) is 0.941. The maximum atomic E-state index is 11.8. The molecule has 3 nitrogen and oxygen atoms in total. The van der Waals surface area contributed by atoms with E-state index in [1.54, 1.807) is 0 Å². The normalized spacial score (nSPS) is 16.4.